The Morgan fingerprint density at radius 3 is 2.44 bits per heavy atom. The SMILES string of the molecule is CC(C)CC(NC(=O)C(O)Cc1ccc(O)cc1)C(=O)N1C(C(=O)NC2CCCN(C(=N)N)C2O)C[C@@H]2CCC(O)C[C@@H]21. The number of hydrogen-bond acceptors (Lipinski definition) is 8. The van der Waals surface area contributed by atoms with Crippen molar-refractivity contribution < 1.29 is 34.8 Å². The Labute approximate surface area is 251 Å². The predicted octanol–water partition coefficient (Wildman–Crippen LogP) is -0.251. The van der Waals surface area contributed by atoms with Crippen LogP contribution in [-0.4, -0.2) is 103 Å². The van der Waals surface area contributed by atoms with Gasteiger partial charge in [0.2, 0.25) is 17.7 Å². The first kappa shape index (κ1) is 32.5. The van der Waals surface area contributed by atoms with E-state index < -0.39 is 60.3 Å². The first-order chi connectivity index (χ1) is 20.3. The number of rotatable bonds is 9. The lowest BCUT2D eigenvalue weighted by Gasteiger charge is -2.40. The number of aliphatic hydroxyl groups excluding tert-OH is 3. The molecule has 43 heavy (non-hydrogen) atoms. The number of nitrogens with zero attached hydrogens (tertiary/aromatic N) is 2. The van der Waals surface area contributed by atoms with E-state index in [2.05, 4.69) is 10.6 Å². The van der Waals surface area contributed by atoms with Crippen molar-refractivity contribution in [1.29, 1.82) is 5.41 Å². The molecule has 0 bridgehead atoms. The third-order valence-corrected chi connectivity index (χ3v) is 8.92. The maximum atomic E-state index is 14.2. The summed E-state index contributed by atoms with van der Waals surface area (Å²) >= 11 is 0. The van der Waals surface area contributed by atoms with Gasteiger partial charge in [0, 0.05) is 19.0 Å². The number of piperidine rings is 1. The lowest BCUT2D eigenvalue weighted by Crippen LogP contribution is -2.62. The Hall–Kier alpha value is -3.42. The van der Waals surface area contributed by atoms with E-state index in [4.69, 9.17) is 11.1 Å². The number of carbonyl (C=O) groups excluding carboxylic acids is 3. The van der Waals surface area contributed by atoms with E-state index in [1.807, 2.05) is 13.8 Å². The summed E-state index contributed by atoms with van der Waals surface area (Å²) in [5.41, 5.74) is 6.24. The van der Waals surface area contributed by atoms with E-state index in [-0.39, 0.29) is 36.4 Å². The molecule has 1 aromatic carbocycles. The molecule has 9 N–H and O–H groups in total. The highest BCUT2D eigenvalue weighted by Crippen LogP contribution is 2.40. The van der Waals surface area contributed by atoms with Crippen molar-refractivity contribution in [1.82, 2.24) is 20.4 Å². The van der Waals surface area contributed by atoms with Crippen molar-refractivity contribution in [2.75, 3.05) is 6.54 Å². The number of hydrogen-bond donors (Lipinski definition) is 8. The molecule has 3 amide bonds. The number of aliphatic hydroxyl groups is 3. The number of aromatic hydroxyl groups is 1. The van der Waals surface area contributed by atoms with Gasteiger partial charge in [0.1, 0.15) is 30.2 Å². The largest absolute Gasteiger partial charge is 0.508 e. The van der Waals surface area contributed by atoms with Crippen LogP contribution < -0.4 is 16.4 Å². The molecule has 1 aromatic rings. The third-order valence-electron chi connectivity index (χ3n) is 8.92. The molecule has 3 aliphatic rings. The van der Waals surface area contributed by atoms with Crippen molar-refractivity contribution in [3.63, 3.8) is 0 Å². The normalized spacial score (nSPS) is 28.6. The quantitative estimate of drug-likeness (QED) is 0.138. The molecule has 4 rings (SSSR count). The van der Waals surface area contributed by atoms with Crippen molar-refractivity contribution >= 4 is 23.7 Å². The van der Waals surface area contributed by atoms with Gasteiger partial charge in [-0.2, -0.15) is 0 Å². The average Bonchev–Trinajstić information content (AvgIpc) is 3.32. The van der Waals surface area contributed by atoms with E-state index in [1.165, 1.54) is 21.9 Å². The number of fused-ring (bicyclic) bond motifs is 1. The summed E-state index contributed by atoms with van der Waals surface area (Å²) in [5.74, 6) is -1.84. The van der Waals surface area contributed by atoms with Crippen LogP contribution in [0.3, 0.4) is 0 Å². The standard InChI is InChI=1S/C30H46N6O7/c1-16(2)12-22(34-27(41)25(39)13-17-5-8-19(37)9-6-17)29(43)36-23-15-20(38)10-7-18(23)14-24(36)26(40)33-21-4-3-11-35(28(21)42)30(31)32/h5-6,8-9,16,18,20-25,28,37-39,42H,3-4,7,10-15H2,1-2H3,(H3,31,32)(H,33,40)(H,34,41)/t18-,20?,21?,22?,23-,24?,25?,28?/m0/s1. The van der Waals surface area contributed by atoms with Gasteiger partial charge in [-0.1, -0.05) is 26.0 Å². The summed E-state index contributed by atoms with van der Waals surface area (Å²) in [6, 6.07) is 3.16. The monoisotopic (exact) mass is 602 g/mol. The van der Waals surface area contributed by atoms with Crippen molar-refractivity contribution in [3.05, 3.63) is 29.8 Å². The molecule has 0 radical (unpaired) electrons. The second-order valence-electron chi connectivity index (χ2n) is 12.6. The number of nitrogens with one attached hydrogen (secondary N) is 3. The van der Waals surface area contributed by atoms with Crippen LogP contribution in [0.2, 0.25) is 0 Å². The van der Waals surface area contributed by atoms with Gasteiger partial charge < -0.3 is 46.6 Å². The van der Waals surface area contributed by atoms with Crippen LogP contribution in [0.1, 0.15) is 64.4 Å². The van der Waals surface area contributed by atoms with Crippen LogP contribution in [0, 0.1) is 17.2 Å². The van der Waals surface area contributed by atoms with Gasteiger partial charge in [-0.15, -0.1) is 0 Å². The summed E-state index contributed by atoms with van der Waals surface area (Å²) in [6.45, 7) is 4.21. The summed E-state index contributed by atoms with van der Waals surface area (Å²) in [7, 11) is 0. The van der Waals surface area contributed by atoms with Crippen LogP contribution in [0.15, 0.2) is 24.3 Å². The van der Waals surface area contributed by atoms with Crippen LogP contribution >= 0.6 is 0 Å². The number of benzene rings is 1. The van der Waals surface area contributed by atoms with Gasteiger partial charge in [-0.25, -0.2) is 0 Å². The molecule has 0 aromatic heterocycles. The Balaban J connectivity index is 1.53. The Morgan fingerprint density at radius 2 is 1.79 bits per heavy atom. The fourth-order valence-electron chi connectivity index (χ4n) is 6.74. The molecule has 1 aliphatic carbocycles. The molecule has 13 nitrogen and oxygen atoms in total. The molecule has 8 atom stereocenters. The number of phenols is 1. The van der Waals surface area contributed by atoms with Gasteiger partial charge in [0.25, 0.3) is 0 Å². The molecular formula is C30H46N6O7. The summed E-state index contributed by atoms with van der Waals surface area (Å²) < 4.78 is 0. The van der Waals surface area contributed by atoms with Gasteiger partial charge in [0.05, 0.1) is 12.1 Å². The number of guanidine groups is 1. The van der Waals surface area contributed by atoms with Crippen LogP contribution in [0.25, 0.3) is 0 Å². The summed E-state index contributed by atoms with van der Waals surface area (Å²) in [5, 5.41) is 54.7. The minimum atomic E-state index is -1.44. The molecule has 1 saturated carbocycles. The lowest BCUT2D eigenvalue weighted by molar-refractivity contribution is -0.146. The summed E-state index contributed by atoms with van der Waals surface area (Å²) in [4.78, 5) is 43.9. The van der Waals surface area contributed by atoms with Crippen molar-refractivity contribution in [2.45, 2.75) is 108 Å². The van der Waals surface area contributed by atoms with E-state index in [1.54, 1.807) is 12.1 Å². The molecule has 2 saturated heterocycles. The number of carbonyl (C=O) groups is 3. The molecule has 2 aliphatic heterocycles. The highest BCUT2D eigenvalue weighted by Gasteiger charge is 2.51. The van der Waals surface area contributed by atoms with Crippen LogP contribution in [0.5, 0.6) is 5.75 Å². The fraction of sp³-hybridized carbons (Fsp3) is 0.667. The zero-order valence-electron chi connectivity index (χ0n) is 24.9. The third kappa shape index (κ3) is 7.76. The molecule has 13 heteroatoms. The first-order valence-electron chi connectivity index (χ1n) is 15.2. The average molecular weight is 603 g/mol. The van der Waals surface area contributed by atoms with Crippen molar-refractivity contribution in [2.24, 2.45) is 17.6 Å². The van der Waals surface area contributed by atoms with Gasteiger partial charge in [0.15, 0.2) is 5.96 Å². The fourth-order valence-corrected chi connectivity index (χ4v) is 6.74. The topological polar surface area (TPSA) is 213 Å². The first-order valence-corrected chi connectivity index (χ1v) is 15.2. The highest BCUT2D eigenvalue weighted by atomic mass is 16.3. The number of nitrogens with two attached hydrogens (primary N) is 1. The van der Waals surface area contributed by atoms with E-state index >= 15 is 0 Å². The highest BCUT2D eigenvalue weighted by molar-refractivity contribution is 5.94. The van der Waals surface area contributed by atoms with Gasteiger partial charge >= 0.3 is 0 Å². The second-order valence-corrected chi connectivity index (χ2v) is 12.6. The van der Waals surface area contributed by atoms with E-state index in [0.717, 1.165) is 0 Å². The second kappa shape index (κ2) is 13.9. The molecule has 3 fully saturated rings. The Bertz CT molecular complexity index is 1160. The van der Waals surface area contributed by atoms with E-state index in [0.29, 0.717) is 50.6 Å². The minimum absolute atomic E-state index is 0.000985. The summed E-state index contributed by atoms with van der Waals surface area (Å²) in [6.07, 6.45) is 0.0490. The molecule has 0 spiro atoms. The molecule has 2 heterocycles. The minimum Gasteiger partial charge on any atom is -0.508 e. The zero-order valence-corrected chi connectivity index (χ0v) is 24.9. The van der Waals surface area contributed by atoms with Crippen LogP contribution in [-0.2, 0) is 20.8 Å². The van der Waals surface area contributed by atoms with Gasteiger partial charge in [-0.05, 0) is 74.5 Å². The number of amides is 3. The van der Waals surface area contributed by atoms with Crippen molar-refractivity contribution in [3.8, 4) is 5.75 Å². The Morgan fingerprint density at radius 1 is 1.09 bits per heavy atom. The molecule has 238 valence electrons. The molecular weight excluding hydrogens is 556 g/mol. The number of phenolic OH excluding ortho intramolecular Hbond substituents is 1. The molecule has 6 unspecified atom stereocenters. The maximum absolute atomic E-state index is 14.2. The lowest BCUT2D eigenvalue weighted by atomic mass is 9.83. The number of likely N-dealkylation sites (tertiary alicyclic amines) is 2. The smallest absolute Gasteiger partial charge is 0.249 e. The van der Waals surface area contributed by atoms with Crippen LogP contribution in [0.4, 0.5) is 0 Å². The predicted molar refractivity (Wildman–Crippen MR) is 157 cm³/mol. The zero-order chi connectivity index (χ0) is 31.4. The Kier molecular flexibility index (Phi) is 10.5. The van der Waals surface area contributed by atoms with Gasteiger partial charge in [-0.3, -0.25) is 19.8 Å². The maximum Gasteiger partial charge on any atom is 0.249 e. The van der Waals surface area contributed by atoms with E-state index in [9.17, 15) is 34.8 Å².